The van der Waals surface area contributed by atoms with Crippen LogP contribution >= 0.6 is 0 Å². The molecule has 2 fully saturated rings. The average molecular weight is 328 g/mol. The van der Waals surface area contributed by atoms with Crippen molar-refractivity contribution >= 4 is 28.6 Å². The van der Waals surface area contributed by atoms with Crippen LogP contribution in [0.5, 0.6) is 0 Å². The molecule has 1 saturated heterocycles. The number of carbonyl (C=O) groups is 3. The third-order valence-corrected chi connectivity index (χ3v) is 4.90. The number of nitrogens with zero attached hydrogens (tertiary/aromatic N) is 4. The van der Waals surface area contributed by atoms with E-state index in [9.17, 15) is 19.5 Å². The number of fused-ring (bicyclic) bond motifs is 2. The molecule has 124 valence electrons. The molecule has 1 aliphatic heterocycles. The Kier molecular flexibility index (Phi) is 3.16. The van der Waals surface area contributed by atoms with Gasteiger partial charge in [-0.2, -0.15) is 5.10 Å². The summed E-state index contributed by atoms with van der Waals surface area (Å²) >= 11 is 0. The number of carboxylic acid groups (broad SMARTS) is 1. The first-order valence-electron chi connectivity index (χ1n) is 7.81. The summed E-state index contributed by atoms with van der Waals surface area (Å²) < 4.78 is 1.43. The number of carboxylic acids is 1. The number of hydrogen-bond acceptors (Lipinski definition) is 5. The molecule has 0 spiro atoms. The average Bonchev–Trinajstić information content (AvgIpc) is 3.04. The van der Waals surface area contributed by atoms with Gasteiger partial charge in [0.2, 0.25) is 5.91 Å². The summed E-state index contributed by atoms with van der Waals surface area (Å²) in [6, 6.07) is 0.945. The number of pyridine rings is 1. The second-order valence-corrected chi connectivity index (χ2v) is 6.44. The molecule has 3 atom stereocenters. The number of rotatable bonds is 4. The number of ketones is 1. The van der Waals surface area contributed by atoms with E-state index < -0.39 is 12.0 Å². The summed E-state index contributed by atoms with van der Waals surface area (Å²) in [5.41, 5.74) is 0.881. The van der Waals surface area contributed by atoms with Gasteiger partial charge in [-0.3, -0.25) is 19.3 Å². The molecule has 24 heavy (non-hydrogen) atoms. The van der Waals surface area contributed by atoms with Gasteiger partial charge in [0, 0.05) is 25.1 Å². The third kappa shape index (κ3) is 2.17. The lowest BCUT2D eigenvalue weighted by molar-refractivity contribution is -0.149. The molecule has 1 saturated carbocycles. The molecule has 1 amide bonds. The molecule has 8 heteroatoms. The molecule has 2 aromatic heterocycles. The van der Waals surface area contributed by atoms with Gasteiger partial charge in [0.25, 0.3) is 0 Å². The Labute approximate surface area is 137 Å². The van der Waals surface area contributed by atoms with Gasteiger partial charge >= 0.3 is 5.97 Å². The normalized spacial score (nSPS) is 24.9. The van der Waals surface area contributed by atoms with Gasteiger partial charge < -0.3 is 10.0 Å². The van der Waals surface area contributed by atoms with Crippen molar-refractivity contribution in [2.45, 2.75) is 25.9 Å². The molecule has 0 radical (unpaired) electrons. The minimum absolute atomic E-state index is 0.0789. The van der Waals surface area contributed by atoms with Crippen LogP contribution in [-0.4, -0.2) is 55.0 Å². The first-order chi connectivity index (χ1) is 11.5. The summed E-state index contributed by atoms with van der Waals surface area (Å²) in [6.45, 7) is 1.80. The highest BCUT2D eigenvalue weighted by atomic mass is 16.4. The van der Waals surface area contributed by atoms with Gasteiger partial charge in [0.05, 0.1) is 11.7 Å². The summed E-state index contributed by atoms with van der Waals surface area (Å²) in [7, 11) is 0. The summed E-state index contributed by atoms with van der Waals surface area (Å²) in [4.78, 5) is 41.2. The highest BCUT2D eigenvalue weighted by molar-refractivity contribution is 6.04. The van der Waals surface area contributed by atoms with E-state index in [-0.39, 0.29) is 24.2 Å². The Bertz CT molecular complexity index is 874. The highest BCUT2D eigenvalue weighted by Crippen LogP contribution is 2.49. The van der Waals surface area contributed by atoms with E-state index in [0.717, 1.165) is 6.42 Å². The zero-order valence-electron chi connectivity index (χ0n) is 13.0. The maximum absolute atomic E-state index is 12.6. The topological polar surface area (TPSA) is 105 Å². The fraction of sp³-hybridized carbons (Fsp3) is 0.438. The maximum Gasteiger partial charge on any atom is 0.326 e. The summed E-state index contributed by atoms with van der Waals surface area (Å²) in [5, 5.41) is 14.2. The molecular weight excluding hydrogens is 312 g/mol. The second-order valence-electron chi connectivity index (χ2n) is 6.44. The van der Waals surface area contributed by atoms with Crippen LogP contribution in [0.2, 0.25) is 0 Å². The van der Waals surface area contributed by atoms with Crippen LogP contribution in [0, 0.1) is 11.8 Å². The highest BCUT2D eigenvalue weighted by Gasteiger charge is 2.57. The smallest absolute Gasteiger partial charge is 0.326 e. The van der Waals surface area contributed by atoms with E-state index >= 15 is 0 Å². The molecule has 1 aliphatic carbocycles. The van der Waals surface area contributed by atoms with Crippen LogP contribution in [0.15, 0.2) is 18.5 Å². The minimum atomic E-state index is -0.954. The van der Waals surface area contributed by atoms with E-state index in [0.29, 0.717) is 29.1 Å². The number of piperidine rings is 1. The molecule has 3 heterocycles. The number of Topliss-reactive ketones (excluding diaryl/α,β-unsaturated/α-hetero) is 1. The Morgan fingerprint density at radius 2 is 2.17 bits per heavy atom. The first-order valence-corrected chi connectivity index (χ1v) is 7.81. The SMILES string of the molecule is CC(=O)c1nn(CC(=O)N2C[C@H]3C[C@H]3[C@H]2C(=O)O)c2cnccc12. The van der Waals surface area contributed by atoms with Crippen LogP contribution in [0.3, 0.4) is 0 Å². The molecule has 4 rings (SSSR count). The van der Waals surface area contributed by atoms with Gasteiger partial charge in [-0.15, -0.1) is 0 Å². The standard InChI is InChI=1S/C16H16N4O4/c1-8(21)14-10-2-3-17-5-12(10)20(18-14)7-13(22)19-6-9-4-11(9)15(19)16(23)24/h2-3,5,9,11,15H,4,6-7H2,1H3,(H,23,24)/t9-,11-,15+/m1/s1. The quantitative estimate of drug-likeness (QED) is 0.822. The van der Waals surface area contributed by atoms with Crippen molar-refractivity contribution in [3.8, 4) is 0 Å². The minimum Gasteiger partial charge on any atom is -0.480 e. The van der Waals surface area contributed by atoms with Crippen molar-refractivity contribution in [3.05, 3.63) is 24.2 Å². The Hall–Kier alpha value is -2.77. The van der Waals surface area contributed by atoms with Crippen LogP contribution in [0.4, 0.5) is 0 Å². The van der Waals surface area contributed by atoms with Gasteiger partial charge in [0.1, 0.15) is 18.3 Å². The second kappa shape index (κ2) is 5.12. The molecule has 2 aliphatic rings. The molecule has 8 nitrogen and oxygen atoms in total. The van der Waals surface area contributed by atoms with Gasteiger partial charge in [0.15, 0.2) is 5.78 Å². The lowest BCUT2D eigenvalue weighted by atomic mass is 10.2. The molecule has 0 bridgehead atoms. The van der Waals surface area contributed by atoms with Crippen molar-refractivity contribution in [3.63, 3.8) is 0 Å². The number of carbonyl (C=O) groups excluding carboxylic acids is 2. The summed E-state index contributed by atoms with van der Waals surface area (Å²) in [5.74, 6) is -1.06. The van der Waals surface area contributed by atoms with Gasteiger partial charge in [-0.25, -0.2) is 4.79 Å². The predicted molar refractivity (Wildman–Crippen MR) is 82.3 cm³/mol. The number of amides is 1. The third-order valence-electron chi connectivity index (χ3n) is 4.90. The lowest BCUT2D eigenvalue weighted by Gasteiger charge is -2.24. The van der Waals surface area contributed by atoms with E-state index in [1.54, 1.807) is 18.5 Å². The van der Waals surface area contributed by atoms with Gasteiger partial charge in [-0.1, -0.05) is 0 Å². The summed E-state index contributed by atoms with van der Waals surface area (Å²) in [6.07, 6.45) is 4.00. The van der Waals surface area contributed by atoms with Crippen LogP contribution in [0.25, 0.3) is 10.9 Å². The van der Waals surface area contributed by atoms with E-state index in [1.807, 2.05) is 0 Å². The number of aliphatic carboxylic acids is 1. The monoisotopic (exact) mass is 328 g/mol. The Balaban J connectivity index is 1.64. The van der Waals surface area contributed by atoms with Crippen molar-refractivity contribution in [2.24, 2.45) is 11.8 Å². The molecule has 2 aromatic rings. The predicted octanol–water partition coefficient (Wildman–Crippen LogP) is 0.565. The van der Waals surface area contributed by atoms with E-state index in [4.69, 9.17) is 0 Å². The van der Waals surface area contributed by atoms with Crippen molar-refractivity contribution in [1.82, 2.24) is 19.7 Å². The number of hydrogen-bond donors (Lipinski definition) is 1. The van der Waals surface area contributed by atoms with Gasteiger partial charge in [-0.05, 0) is 24.3 Å². The zero-order valence-corrected chi connectivity index (χ0v) is 13.0. The zero-order chi connectivity index (χ0) is 17.0. The Morgan fingerprint density at radius 1 is 1.38 bits per heavy atom. The fourth-order valence-corrected chi connectivity index (χ4v) is 3.66. The molecular formula is C16H16N4O4. The molecule has 1 N–H and O–H groups in total. The van der Waals surface area contributed by atoms with E-state index in [2.05, 4.69) is 10.1 Å². The maximum atomic E-state index is 12.6. The largest absolute Gasteiger partial charge is 0.480 e. The fourth-order valence-electron chi connectivity index (χ4n) is 3.66. The molecule has 0 aromatic carbocycles. The number of aromatic nitrogens is 3. The number of likely N-dealkylation sites (tertiary alicyclic amines) is 1. The molecule has 0 unspecified atom stereocenters. The lowest BCUT2D eigenvalue weighted by Crippen LogP contribution is -2.44. The van der Waals surface area contributed by atoms with Crippen LogP contribution in [0.1, 0.15) is 23.8 Å². The van der Waals surface area contributed by atoms with E-state index in [1.165, 1.54) is 16.5 Å². The Morgan fingerprint density at radius 3 is 2.88 bits per heavy atom. The first kappa shape index (κ1) is 14.8. The van der Waals surface area contributed by atoms with Crippen LogP contribution < -0.4 is 0 Å². The van der Waals surface area contributed by atoms with Crippen molar-refractivity contribution < 1.29 is 19.5 Å². The van der Waals surface area contributed by atoms with Crippen LogP contribution in [-0.2, 0) is 16.1 Å². The van der Waals surface area contributed by atoms with Crippen molar-refractivity contribution in [2.75, 3.05) is 6.54 Å². The van der Waals surface area contributed by atoms with Crippen molar-refractivity contribution in [1.29, 1.82) is 0 Å².